The third kappa shape index (κ3) is 7.20. The summed E-state index contributed by atoms with van der Waals surface area (Å²) < 4.78 is 12.4. The number of ether oxygens (including phenoxy) is 2. The zero-order valence-electron chi connectivity index (χ0n) is 21.8. The number of hydrogen-bond acceptors (Lipinski definition) is 5. The van der Waals surface area contributed by atoms with Crippen LogP contribution in [0.3, 0.4) is 0 Å². The lowest BCUT2D eigenvalue weighted by molar-refractivity contribution is 0.0600. The standard InChI is InChI=1S/C22H28N2O2.C5H11NO2/c1-14(2)7-6-10-26-21-12-20-18(11-17(21)15(3)4)16-8-9-23-13-19(16)22(25)24(20)5;1-5(2,3)8-4(6)7/h8-9,11-15H,6-7,10H2,1-5H3;1-3H3,(H2,6,7). The lowest BCUT2D eigenvalue weighted by atomic mass is 9.97. The zero-order chi connectivity index (χ0) is 25.6. The second-order valence-corrected chi connectivity index (χ2v) is 10.3. The van der Waals surface area contributed by atoms with E-state index in [1.165, 1.54) is 5.56 Å². The summed E-state index contributed by atoms with van der Waals surface area (Å²) in [5.74, 6) is 1.91. The van der Waals surface area contributed by atoms with Crippen LogP contribution in [-0.4, -0.2) is 27.9 Å². The van der Waals surface area contributed by atoms with Gasteiger partial charge in [0.1, 0.15) is 11.4 Å². The number of hydrogen-bond donors (Lipinski definition) is 1. The van der Waals surface area contributed by atoms with E-state index in [1.54, 1.807) is 37.7 Å². The molecule has 1 amide bonds. The highest BCUT2D eigenvalue weighted by Crippen LogP contribution is 2.33. The van der Waals surface area contributed by atoms with Crippen LogP contribution in [0.5, 0.6) is 5.75 Å². The first-order valence-electron chi connectivity index (χ1n) is 11.8. The summed E-state index contributed by atoms with van der Waals surface area (Å²) >= 11 is 0. The Bertz CT molecular complexity index is 1190. The van der Waals surface area contributed by atoms with Crippen LogP contribution in [-0.2, 0) is 11.8 Å². The SMILES string of the molecule is CC(C)(C)OC(N)=O.CC(C)CCCOc1cc2c(cc1C(C)C)c1ccncc1c(=O)n2C. The maximum Gasteiger partial charge on any atom is 0.405 e. The monoisotopic (exact) mass is 469 g/mol. The van der Waals surface area contributed by atoms with Crippen molar-refractivity contribution in [3.05, 3.63) is 46.5 Å². The molecule has 7 heteroatoms. The largest absolute Gasteiger partial charge is 0.493 e. The average Bonchev–Trinajstić information content (AvgIpc) is 2.73. The van der Waals surface area contributed by atoms with E-state index in [0.717, 1.165) is 34.9 Å². The van der Waals surface area contributed by atoms with Crippen LogP contribution in [0.15, 0.2) is 35.4 Å². The maximum absolute atomic E-state index is 12.7. The maximum atomic E-state index is 12.7. The van der Waals surface area contributed by atoms with E-state index < -0.39 is 11.7 Å². The van der Waals surface area contributed by atoms with Gasteiger partial charge in [0.25, 0.3) is 5.56 Å². The third-order valence-corrected chi connectivity index (χ3v) is 5.35. The molecule has 3 rings (SSSR count). The Balaban J connectivity index is 0.000000440. The predicted molar refractivity (Wildman–Crippen MR) is 139 cm³/mol. The number of benzene rings is 1. The summed E-state index contributed by atoms with van der Waals surface area (Å²) in [5, 5.41) is 2.68. The summed E-state index contributed by atoms with van der Waals surface area (Å²) in [5.41, 5.74) is 6.32. The van der Waals surface area contributed by atoms with Gasteiger partial charge in [0.15, 0.2) is 0 Å². The van der Waals surface area contributed by atoms with Crippen molar-refractivity contribution in [1.82, 2.24) is 9.55 Å². The molecule has 2 aromatic heterocycles. The van der Waals surface area contributed by atoms with Crippen molar-refractivity contribution >= 4 is 27.8 Å². The van der Waals surface area contributed by atoms with Crippen LogP contribution in [0.4, 0.5) is 4.79 Å². The molecule has 186 valence electrons. The van der Waals surface area contributed by atoms with E-state index in [9.17, 15) is 9.59 Å². The first kappa shape index (κ1) is 27.2. The highest BCUT2D eigenvalue weighted by molar-refractivity contribution is 6.06. The fourth-order valence-corrected chi connectivity index (χ4v) is 3.72. The summed E-state index contributed by atoms with van der Waals surface area (Å²) in [4.78, 5) is 26.8. The normalized spacial score (nSPS) is 11.6. The molecule has 0 unspecified atom stereocenters. The van der Waals surface area contributed by atoms with E-state index in [4.69, 9.17) is 10.5 Å². The second-order valence-electron chi connectivity index (χ2n) is 10.3. The second kappa shape index (κ2) is 11.4. The Morgan fingerprint density at radius 1 is 1.12 bits per heavy atom. The van der Waals surface area contributed by atoms with Gasteiger partial charge in [-0.05, 0) is 68.5 Å². The van der Waals surface area contributed by atoms with Gasteiger partial charge in [0.2, 0.25) is 0 Å². The molecule has 7 nitrogen and oxygen atoms in total. The first-order valence-corrected chi connectivity index (χ1v) is 11.8. The number of amides is 1. The molecule has 2 heterocycles. The van der Waals surface area contributed by atoms with Crippen molar-refractivity contribution in [3.63, 3.8) is 0 Å². The molecule has 0 saturated heterocycles. The number of carbonyl (C=O) groups excluding carboxylic acids is 1. The van der Waals surface area contributed by atoms with Gasteiger partial charge in [0.05, 0.1) is 17.5 Å². The van der Waals surface area contributed by atoms with Crippen molar-refractivity contribution in [2.24, 2.45) is 18.7 Å². The summed E-state index contributed by atoms with van der Waals surface area (Å²) in [7, 11) is 1.81. The highest BCUT2D eigenvalue weighted by atomic mass is 16.6. The van der Waals surface area contributed by atoms with Crippen molar-refractivity contribution in [2.75, 3.05) is 6.61 Å². The van der Waals surface area contributed by atoms with Crippen LogP contribution in [0.2, 0.25) is 0 Å². The van der Waals surface area contributed by atoms with Gasteiger partial charge in [-0.2, -0.15) is 0 Å². The Labute approximate surface area is 202 Å². The number of aromatic nitrogens is 2. The third-order valence-electron chi connectivity index (χ3n) is 5.35. The van der Waals surface area contributed by atoms with E-state index in [2.05, 4.69) is 43.5 Å². The molecule has 0 aliphatic heterocycles. The average molecular weight is 470 g/mol. The molecule has 3 aromatic rings. The van der Waals surface area contributed by atoms with Crippen LogP contribution in [0.1, 0.15) is 72.8 Å². The van der Waals surface area contributed by atoms with Crippen LogP contribution >= 0.6 is 0 Å². The Kier molecular flexibility index (Phi) is 9.07. The van der Waals surface area contributed by atoms with Gasteiger partial charge in [0, 0.05) is 30.9 Å². The fourth-order valence-electron chi connectivity index (χ4n) is 3.72. The molecule has 0 spiro atoms. The fraction of sp³-hybridized carbons (Fsp3) is 0.519. The number of fused-ring (bicyclic) bond motifs is 3. The molecule has 0 radical (unpaired) electrons. The van der Waals surface area contributed by atoms with Crippen molar-refractivity contribution in [3.8, 4) is 5.75 Å². The molecule has 0 aliphatic carbocycles. The molecule has 0 bridgehead atoms. The van der Waals surface area contributed by atoms with Gasteiger partial charge >= 0.3 is 6.09 Å². The molecule has 1 aromatic carbocycles. The summed E-state index contributed by atoms with van der Waals surface area (Å²) in [6, 6.07) is 6.13. The van der Waals surface area contributed by atoms with Gasteiger partial charge in [-0.15, -0.1) is 0 Å². The summed E-state index contributed by atoms with van der Waals surface area (Å²) in [6.07, 6.45) is 4.86. The van der Waals surface area contributed by atoms with Gasteiger partial charge in [-0.25, -0.2) is 4.79 Å². The lowest BCUT2D eigenvalue weighted by Gasteiger charge is -2.18. The number of rotatable bonds is 6. The Morgan fingerprint density at radius 3 is 2.32 bits per heavy atom. The number of carbonyl (C=O) groups is 1. The van der Waals surface area contributed by atoms with Crippen molar-refractivity contribution in [1.29, 1.82) is 0 Å². The van der Waals surface area contributed by atoms with Crippen LogP contribution in [0.25, 0.3) is 21.7 Å². The minimum absolute atomic E-state index is 0.0244. The molecule has 2 N–H and O–H groups in total. The van der Waals surface area contributed by atoms with Crippen molar-refractivity contribution in [2.45, 2.75) is 72.8 Å². The predicted octanol–water partition coefficient (Wildman–Crippen LogP) is 5.91. The lowest BCUT2D eigenvalue weighted by Crippen LogP contribution is -2.27. The highest BCUT2D eigenvalue weighted by Gasteiger charge is 2.15. The number of pyridine rings is 2. The number of nitrogens with two attached hydrogens (primary N) is 1. The molecule has 0 fully saturated rings. The Hall–Kier alpha value is -3.09. The number of aryl methyl sites for hydroxylation is 1. The number of nitrogens with zero attached hydrogens (tertiary/aromatic N) is 2. The minimum Gasteiger partial charge on any atom is -0.493 e. The molecular weight excluding hydrogens is 430 g/mol. The zero-order valence-corrected chi connectivity index (χ0v) is 21.8. The molecular formula is C27H39N3O4. The van der Waals surface area contributed by atoms with Gasteiger partial charge in [-0.3, -0.25) is 9.78 Å². The van der Waals surface area contributed by atoms with E-state index in [1.807, 2.05) is 19.2 Å². The smallest absolute Gasteiger partial charge is 0.405 e. The molecule has 0 aliphatic rings. The van der Waals surface area contributed by atoms with E-state index in [-0.39, 0.29) is 5.56 Å². The topological polar surface area (TPSA) is 96.4 Å². The molecule has 34 heavy (non-hydrogen) atoms. The minimum atomic E-state index is -0.725. The quantitative estimate of drug-likeness (QED) is 0.358. The summed E-state index contributed by atoms with van der Waals surface area (Å²) in [6.45, 7) is 14.8. The Morgan fingerprint density at radius 2 is 1.79 bits per heavy atom. The van der Waals surface area contributed by atoms with Crippen molar-refractivity contribution < 1.29 is 14.3 Å². The van der Waals surface area contributed by atoms with Gasteiger partial charge < -0.3 is 19.8 Å². The van der Waals surface area contributed by atoms with E-state index in [0.29, 0.717) is 23.8 Å². The first-order chi connectivity index (χ1) is 15.8. The van der Waals surface area contributed by atoms with Crippen LogP contribution in [0, 0.1) is 5.92 Å². The van der Waals surface area contributed by atoms with Crippen LogP contribution < -0.4 is 16.0 Å². The van der Waals surface area contributed by atoms with Gasteiger partial charge in [-0.1, -0.05) is 27.7 Å². The molecule has 0 atom stereocenters. The number of primary amides is 1. The molecule has 0 saturated carbocycles. The van der Waals surface area contributed by atoms with E-state index >= 15 is 0 Å².